The number of halogens is 1. The van der Waals surface area contributed by atoms with Gasteiger partial charge in [-0.05, 0) is 56.8 Å². The fourth-order valence-corrected chi connectivity index (χ4v) is 3.68. The Morgan fingerprint density at radius 3 is 2.61 bits per heavy atom. The summed E-state index contributed by atoms with van der Waals surface area (Å²) in [6.07, 6.45) is 5.81. The predicted molar refractivity (Wildman–Crippen MR) is 97.1 cm³/mol. The van der Waals surface area contributed by atoms with Crippen LogP contribution in [0.3, 0.4) is 0 Å². The summed E-state index contributed by atoms with van der Waals surface area (Å²) in [5.74, 6) is 0.722. The van der Waals surface area contributed by atoms with Gasteiger partial charge in [-0.2, -0.15) is 0 Å². The second kappa shape index (κ2) is 9.29. The molecule has 0 aliphatic heterocycles. The normalized spacial score (nSPS) is 21.9. The molecule has 0 bridgehead atoms. The monoisotopic (exact) mass is 336 g/mol. The molecule has 1 aliphatic carbocycles. The number of nitrogens with zero attached hydrogens (tertiary/aromatic N) is 1. The Morgan fingerprint density at radius 1 is 1.17 bits per heavy atom. The van der Waals surface area contributed by atoms with E-state index in [1.807, 2.05) is 12.1 Å². The van der Waals surface area contributed by atoms with Gasteiger partial charge in [-0.3, -0.25) is 4.79 Å². The molecule has 1 aliphatic rings. The van der Waals surface area contributed by atoms with E-state index < -0.39 is 0 Å². The molecule has 0 aromatic heterocycles. The largest absolute Gasteiger partial charge is 0.349 e. The highest BCUT2D eigenvalue weighted by atomic mass is 35.5. The molecule has 1 N–H and O–H groups in total. The highest BCUT2D eigenvalue weighted by molar-refractivity contribution is 6.33. The molecule has 1 amide bonds. The van der Waals surface area contributed by atoms with Gasteiger partial charge in [0.25, 0.3) is 5.91 Å². The first-order valence-corrected chi connectivity index (χ1v) is 9.29. The topological polar surface area (TPSA) is 32.3 Å². The quantitative estimate of drug-likeness (QED) is 0.783. The first-order chi connectivity index (χ1) is 11.1. The van der Waals surface area contributed by atoms with Gasteiger partial charge in [-0.15, -0.1) is 0 Å². The van der Waals surface area contributed by atoms with Crippen molar-refractivity contribution in [2.24, 2.45) is 5.92 Å². The van der Waals surface area contributed by atoms with Crippen LogP contribution in [0, 0.1) is 5.92 Å². The number of benzene rings is 1. The number of hydrogen-bond acceptors (Lipinski definition) is 2. The number of hydrogen-bond donors (Lipinski definition) is 1. The van der Waals surface area contributed by atoms with E-state index in [1.54, 1.807) is 12.1 Å². The van der Waals surface area contributed by atoms with Crippen LogP contribution in [0.2, 0.25) is 5.02 Å². The Kier molecular flexibility index (Phi) is 7.38. The average Bonchev–Trinajstić information content (AvgIpc) is 2.78. The van der Waals surface area contributed by atoms with E-state index in [2.05, 4.69) is 24.1 Å². The minimum Gasteiger partial charge on any atom is -0.349 e. The van der Waals surface area contributed by atoms with Crippen molar-refractivity contribution in [3.8, 4) is 0 Å². The summed E-state index contributed by atoms with van der Waals surface area (Å²) < 4.78 is 0. The highest BCUT2D eigenvalue weighted by Crippen LogP contribution is 2.25. The molecule has 0 saturated heterocycles. The van der Waals surface area contributed by atoms with Gasteiger partial charge in [0, 0.05) is 12.6 Å². The van der Waals surface area contributed by atoms with Gasteiger partial charge in [-0.1, -0.05) is 44.0 Å². The van der Waals surface area contributed by atoms with Crippen LogP contribution in [0.1, 0.15) is 56.3 Å². The molecule has 0 spiro atoms. The summed E-state index contributed by atoms with van der Waals surface area (Å²) in [4.78, 5) is 14.9. The zero-order valence-corrected chi connectivity index (χ0v) is 15.1. The van der Waals surface area contributed by atoms with Crippen LogP contribution >= 0.6 is 11.6 Å². The third kappa shape index (κ3) is 5.50. The van der Waals surface area contributed by atoms with Gasteiger partial charge in [0.2, 0.25) is 0 Å². The number of carbonyl (C=O) groups excluding carboxylic acids is 1. The maximum Gasteiger partial charge on any atom is 0.253 e. The SMILES string of the molecule is CCN(CC)CC1CCCC(NC(=O)c2ccccc2Cl)CC1. The average molecular weight is 337 g/mol. The highest BCUT2D eigenvalue weighted by Gasteiger charge is 2.22. The van der Waals surface area contributed by atoms with Crippen LogP contribution in [-0.2, 0) is 0 Å². The number of nitrogens with one attached hydrogen (secondary N) is 1. The Bertz CT molecular complexity index is 502. The lowest BCUT2D eigenvalue weighted by molar-refractivity contribution is 0.0933. The summed E-state index contributed by atoms with van der Waals surface area (Å²) in [5, 5.41) is 3.71. The molecular weight excluding hydrogens is 308 g/mol. The van der Waals surface area contributed by atoms with Crippen molar-refractivity contribution in [1.82, 2.24) is 10.2 Å². The van der Waals surface area contributed by atoms with E-state index in [4.69, 9.17) is 11.6 Å². The molecule has 2 rings (SSSR count). The smallest absolute Gasteiger partial charge is 0.253 e. The fourth-order valence-electron chi connectivity index (χ4n) is 3.46. The van der Waals surface area contributed by atoms with Crippen molar-refractivity contribution in [3.05, 3.63) is 34.9 Å². The molecule has 0 radical (unpaired) electrons. The van der Waals surface area contributed by atoms with Gasteiger partial charge in [0.05, 0.1) is 10.6 Å². The number of carbonyl (C=O) groups is 1. The van der Waals surface area contributed by atoms with Crippen LogP contribution in [0.4, 0.5) is 0 Å². The van der Waals surface area contributed by atoms with Crippen molar-refractivity contribution in [1.29, 1.82) is 0 Å². The molecule has 1 aromatic rings. The maximum absolute atomic E-state index is 12.4. The standard InChI is InChI=1S/C19H29ClN2O/c1-3-22(4-2)14-15-8-7-9-16(13-12-15)21-19(23)17-10-5-6-11-18(17)20/h5-6,10-11,15-16H,3-4,7-9,12-14H2,1-2H3,(H,21,23). The molecule has 2 unspecified atom stereocenters. The first-order valence-electron chi connectivity index (χ1n) is 8.91. The minimum atomic E-state index is -0.0391. The third-order valence-corrected chi connectivity index (χ3v) is 5.28. The van der Waals surface area contributed by atoms with Crippen LogP contribution in [0.5, 0.6) is 0 Å². The van der Waals surface area contributed by atoms with Crippen molar-refractivity contribution >= 4 is 17.5 Å². The van der Waals surface area contributed by atoms with Gasteiger partial charge < -0.3 is 10.2 Å². The number of amides is 1. The summed E-state index contributed by atoms with van der Waals surface area (Å²) in [6.45, 7) is 7.90. The molecule has 1 aromatic carbocycles. The fraction of sp³-hybridized carbons (Fsp3) is 0.632. The van der Waals surface area contributed by atoms with Gasteiger partial charge in [0.1, 0.15) is 0 Å². The molecule has 1 fully saturated rings. The molecule has 3 nitrogen and oxygen atoms in total. The Hall–Kier alpha value is -1.06. The molecule has 23 heavy (non-hydrogen) atoms. The van der Waals surface area contributed by atoms with Gasteiger partial charge in [0.15, 0.2) is 0 Å². The molecule has 4 heteroatoms. The van der Waals surface area contributed by atoms with E-state index >= 15 is 0 Å². The van der Waals surface area contributed by atoms with Crippen LogP contribution in [-0.4, -0.2) is 36.5 Å². The van der Waals surface area contributed by atoms with E-state index in [0.29, 0.717) is 10.6 Å². The molecule has 1 saturated carbocycles. The van der Waals surface area contributed by atoms with E-state index in [1.165, 1.54) is 25.8 Å². The lowest BCUT2D eigenvalue weighted by Crippen LogP contribution is -2.34. The predicted octanol–water partition coefficient (Wildman–Crippen LogP) is 4.36. The van der Waals surface area contributed by atoms with Gasteiger partial charge >= 0.3 is 0 Å². The summed E-state index contributed by atoms with van der Waals surface area (Å²) in [5.41, 5.74) is 0.582. The Balaban J connectivity index is 1.86. The van der Waals surface area contributed by atoms with Crippen molar-refractivity contribution < 1.29 is 4.79 Å². The second-order valence-electron chi connectivity index (χ2n) is 6.51. The van der Waals surface area contributed by atoms with Crippen LogP contribution in [0.25, 0.3) is 0 Å². The zero-order chi connectivity index (χ0) is 16.7. The molecule has 0 heterocycles. The Morgan fingerprint density at radius 2 is 1.91 bits per heavy atom. The minimum absolute atomic E-state index is 0.0391. The third-order valence-electron chi connectivity index (χ3n) is 4.95. The van der Waals surface area contributed by atoms with Crippen molar-refractivity contribution in [3.63, 3.8) is 0 Å². The van der Waals surface area contributed by atoms with Gasteiger partial charge in [-0.25, -0.2) is 0 Å². The van der Waals surface area contributed by atoms with E-state index in [9.17, 15) is 4.79 Å². The van der Waals surface area contributed by atoms with Crippen molar-refractivity contribution in [2.75, 3.05) is 19.6 Å². The van der Waals surface area contributed by atoms with Crippen LogP contribution < -0.4 is 5.32 Å². The maximum atomic E-state index is 12.4. The summed E-state index contributed by atoms with van der Waals surface area (Å²) in [6, 6.07) is 7.54. The van der Waals surface area contributed by atoms with Crippen molar-refractivity contribution in [2.45, 2.75) is 52.0 Å². The molecule has 2 atom stereocenters. The molecular formula is C19H29ClN2O. The summed E-state index contributed by atoms with van der Waals surface area (Å²) >= 11 is 6.12. The molecule has 128 valence electrons. The zero-order valence-electron chi connectivity index (χ0n) is 14.4. The lowest BCUT2D eigenvalue weighted by atomic mass is 9.99. The second-order valence-corrected chi connectivity index (χ2v) is 6.92. The lowest BCUT2D eigenvalue weighted by Gasteiger charge is -2.24. The first kappa shape index (κ1) is 18.3. The van der Waals surface area contributed by atoms with Crippen LogP contribution in [0.15, 0.2) is 24.3 Å². The van der Waals surface area contributed by atoms with E-state index in [-0.39, 0.29) is 11.9 Å². The summed E-state index contributed by atoms with van der Waals surface area (Å²) in [7, 11) is 0. The van der Waals surface area contributed by atoms with E-state index in [0.717, 1.165) is 31.8 Å². The Labute approximate surface area is 145 Å². The number of rotatable bonds is 6.